The van der Waals surface area contributed by atoms with Crippen LogP contribution in [-0.2, 0) is 9.59 Å². The zero-order valence-electron chi connectivity index (χ0n) is 16.2. The Morgan fingerprint density at radius 2 is 1.52 bits per heavy atom. The predicted molar refractivity (Wildman–Crippen MR) is 109 cm³/mol. The lowest BCUT2D eigenvalue weighted by molar-refractivity contribution is -0.136. The highest BCUT2D eigenvalue weighted by atomic mass is 16.2. The van der Waals surface area contributed by atoms with E-state index in [1.54, 1.807) is 16.8 Å². The van der Waals surface area contributed by atoms with Gasteiger partial charge in [0.2, 0.25) is 0 Å². The summed E-state index contributed by atoms with van der Waals surface area (Å²) in [5.41, 5.74) is 1.46. The highest BCUT2D eigenvalue weighted by Gasteiger charge is 2.48. The molecule has 0 bridgehead atoms. The Labute approximate surface area is 168 Å². The van der Waals surface area contributed by atoms with Crippen LogP contribution >= 0.6 is 0 Å². The van der Waals surface area contributed by atoms with Crippen molar-refractivity contribution in [3.8, 4) is 0 Å². The highest BCUT2D eigenvalue weighted by Crippen LogP contribution is 2.28. The van der Waals surface area contributed by atoms with E-state index in [9.17, 15) is 14.4 Å². The molecule has 8 nitrogen and oxygen atoms in total. The second-order valence-electron chi connectivity index (χ2n) is 6.99. The molecule has 2 aliphatic heterocycles. The summed E-state index contributed by atoms with van der Waals surface area (Å²) in [5.74, 6) is -0.570. The van der Waals surface area contributed by atoms with Crippen LogP contribution in [0.3, 0.4) is 0 Å². The molecule has 2 aromatic rings. The third-order valence-corrected chi connectivity index (χ3v) is 5.17. The normalized spacial score (nSPS) is 20.8. The van der Waals surface area contributed by atoms with E-state index in [2.05, 4.69) is 4.99 Å². The number of carbonyl (C=O) groups excluding carboxylic acids is 3. The molecule has 4 amide bonds. The van der Waals surface area contributed by atoms with Crippen LogP contribution in [0.2, 0.25) is 0 Å². The van der Waals surface area contributed by atoms with Gasteiger partial charge in [0.05, 0.1) is 12.9 Å². The molecular formula is C21H21N5O3. The van der Waals surface area contributed by atoms with E-state index in [4.69, 9.17) is 0 Å². The third-order valence-electron chi connectivity index (χ3n) is 5.17. The van der Waals surface area contributed by atoms with Gasteiger partial charge in [0.1, 0.15) is 0 Å². The Hall–Kier alpha value is -3.68. The van der Waals surface area contributed by atoms with E-state index in [1.807, 2.05) is 60.7 Å². The van der Waals surface area contributed by atoms with Crippen molar-refractivity contribution >= 4 is 35.6 Å². The predicted octanol–water partition coefficient (Wildman–Crippen LogP) is 1.91. The summed E-state index contributed by atoms with van der Waals surface area (Å²) in [4.78, 5) is 48.2. The maximum Gasteiger partial charge on any atom is 0.328 e. The van der Waals surface area contributed by atoms with Crippen LogP contribution < -0.4 is 4.90 Å². The topological polar surface area (TPSA) is 76.5 Å². The first-order valence-corrected chi connectivity index (χ1v) is 9.25. The first-order valence-electron chi connectivity index (χ1n) is 9.25. The summed E-state index contributed by atoms with van der Waals surface area (Å²) in [6.45, 7) is -0.0456. The lowest BCUT2D eigenvalue weighted by atomic mass is 10.1. The number of carbonyl (C=O) groups is 3. The monoisotopic (exact) mass is 391 g/mol. The number of hydrogen-bond acceptors (Lipinski definition) is 5. The van der Waals surface area contributed by atoms with Crippen molar-refractivity contribution in [2.24, 2.45) is 4.99 Å². The molecule has 2 atom stereocenters. The number of imide groups is 1. The van der Waals surface area contributed by atoms with E-state index in [1.165, 1.54) is 18.3 Å². The Morgan fingerprint density at radius 1 is 0.966 bits per heavy atom. The standard InChI is InChI=1S/C21H21N5O3/c1-23-19-18(20(28)24(2)21(23)29)25(14-22-19)13-17(27)26(15-9-5-3-6-10-15)16-11-7-4-8-12-16/h3-12,14,18-19H,13H2,1-2H3/t18-,19-/m1/s1. The second kappa shape index (κ2) is 7.38. The number of likely N-dealkylation sites (N-methyl/N-ethyl adjacent to an activating group) is 2. The summed E-state index contributed by atoms with van der Waals surface area (Å²) in [6, 6.07) is 17.6. The van der Waals surface area contributed by atoms with E-state index in [0.29, 0.717) is 0 Å². The quantitative estimate of drug-likeness (QED) is 0.798. The molecule has 148 valence electrons. The second-order valence-corrected chi connectivity index (χ2v) is 6.99. The van der Waals surface area contributed by atoms with Crippen LogP contribution in [0, 0.1) is 0 Å². The van der Waals surface area contributed by atoms with E-state index in [-0.39, 0.29) is 18.4 Å². The van der Waals surface area contributed by atoms with Crippen molar-refractivity contribution in [2.45, 2.75) is 12.2 Å². The van der Waals surface area contributed by atoms with Crippen molar-refractivity contribution in [1.29, 1.82) is 0 Å². The van der Waals surface area contributed by atoms with Crippen LogP contribution in [0.15, 0.2) is 65.7 Å². The smallest absolute Gasteiger partial charge is 0.328 e. The molecule has 1 fully saturated rings. The number of rotatable bonds is 4. The minimum absolute atomic E-state index is 0.0456. The van der Waals surface area contributed by atoms with Gasteiger partial charge >= 0.3 is 6.03 Å². The van der Waals surface area contributed by atoms with Crippen LogP contribution in [-0.4, -0.2) is 71.7 Å². The van der Waals surface area contributed by atoms with Gasteiger partial charge in [0.15, 0.2) is 12.2 Å². The lowest BCUT2D eigenvalue weighted by Gasteiger charge is -2.39. The van der Waals surface area contributed by atoms with E-state index in [0.717, 1.165) is 16.3 Å². The lowest BCUT2D eigenvalue weighted by Crippen LogP contribution is -2.64. The van der Waals surface area contributed by atoms with Gasteiger partial charge in [-0.2, -0.15) is 0 Å². The molecule has 0 aromatic heterocycles. The van der Waals surface area contributed by atoms with Gasteiger partial charge in [-0.3, -0.25) is 19.4 Å². The van der Waals surface area contributed by atoms with Gasteiger partial charge in [0.25, 0.3) is 11.8 Å². The average molecular weight is 391 g/mol. The Morgan fingerprint density at radius 3 is 2.07 bits per heavy atom. The Balaban J connectivity index is 1.61. The highest BCUT2D eigenvalue weighted by molar-refractivity contribution is 6.05. The molecule has 2 aromatic carbocycles. The van der Waals surface area contributed by atoms with Crippen LogP contribution in [0.5, 0.6) is 0 Å². The Bertz CT molecular complexity index is 923. The maximum atomic E-state index is 13.3. The van der Waals surface area contributed by atoms with Crippen LogP contribution in [0.1, 0.15) is 0 Å². The van der Waals surface area contributed by atoms with Gasteiger partial charge in [-0.1, -0.05) is 36.4 Å². The number of benzene rings is 2. The SMILES string of the molecule is CN1C(=O)[C@H]2[C@H](N=CN2CC(=O)N(c2ccccc2)c2ccccc2)N(C)C1=O. The number of anilines is 2. The molecule has 8 heteroatoms. The van der Waals surface area contributed by atoms with Gasteiger partial charge in [-0.05, 0) is 24.3 Å². The number of nitrogens with zero attached hydrogens (tertiary/aromatic N) is 5. The first-order chi connectivity index (χ1) is 14.0. The van der Waals surface area contributed by atoms with Crippen molar-refractivity contribution in [3.05, 3.63) is 60.7 Å². The van der Waals surface area contributed by atoms with Crippen molar-refractivity contribution in [3.63, 3.8) is 0 Å². The zero-order valence-corrected chi connectivity index (χ0v) is 16.2. The molecular weight excluding hydrogens is 370 g/mol. The molecule has 0 unspecified atom stereocenters. The molecule has 0 saturated carbocycles. The van der Waals surface area contributed by atoms with Crippen LogP contribution in [0.25, 0.3) is 0 Å². The fraction of sp³-hybridized carbons (Fsp3) is 0.238. The number of urea groups is 1. The number of hydrogen-bond donors (Lipinski definition) is 0. The molecule has 1 saturated heterocycles. The van der Waals surface area contributed by atoms with Gasteiger partial charge in [-0.15, -0.1) is 0 Å². The molecule has 0 aliphatic carbocycles. The van der Waals surface area contributed by atoms with Crippen LogP contribution in [0.4, 0.5) is 16.2 Å². The first kappa shape index (κ1) is 18.7. The zero-order chi connectivity index (χ0) is 20.5. The molecule has 0 radical (unpaired) electrons. The minimum Gasteiger partial charge on any atom is -0.338 e. The summed E-state index contributed by atoms with van der Waals surface area (Å²) in [7, 11) is 3.04. The van der Waals surface area contributed by atoms with Crippen molar-refractivity contribution in [2.75, 3.05) is 25.5 Å². The minimum atomic E-state index is -0.708. The van der Waals surface area contributed by atoms with Crippen molar-refractivity contribution < 1.29 is 14.4 Å². The van der Waals surface area contributed by atoms with Gasteiger partial charge < -0.3 is 9.80 Å². The largest absolute Gasteiger partial charge is 0.338 e. The number of amides is 4. The van der Waals surface area contributed by atoms with Gasteiger partial charge in [0, 0.05) is 25.5 Å². The third kappa shape index (κ3) is 3.22. The molecule has 2 aliphatic rings. The molecule has 0 N–H and O–H groups in total. The summed E-state index contributed by atoms with van der Waals surface area (Å²) in [5, 5.41) is 0. The summed E-state index contributed by atoms with van der Waals surface area (Å²) >= 11 is 0. The molecule has 2 heterocycles. The number of para-hydroxylation sites is 2. The average Bonchev–Trinajstić information content (AvgIpc) is 3.16. The maximum absolute atomic E-state index is 13.3. The summed E-state index contributed by atoms with van der Waals surface area (Å²) in [6.07, 6.45) is 0.864. The molecule has 0 spiro atoms. The van der Waals surface area contributed by atoms with E-state index >= 15 is 0 Å². The van der Waals surface area contributed by atoms with Crippen molar-refractivity contribution in [1.82, 2.24) is 14.7 Å². The fourth-order valence-corrected chi connectivity index (χ4v) is 3.66. The van der Waals surface area contributed by atoms with E-state index < -0.39 is 18.2 Å². The summed E-state index contributed by atoms with van der Waals surface area (Å²) < 4.78 is 0. The number of fused-ring (bicyclic) bond motifs is 1. The fourth-order valence-electron chi connectivity index (χ4n) is 3.66. The van der Waals surface area contributed by atoms with Gasteiger partial charge in [-0.25, -0.2) is 9.79 Å². The molecule has 4 rings (SSSR count). The Kier molecular flexibility index (Phi) is 4.75. The number of aliphatic imine (C=N–C) groups is 1. The molecule has 29 heavy (non-hydrogen) atoms.